The number of methoxy groups -OCH3 is 1. The van der Waals surface area contributed by atoms with E-state index in [4.69, 9.17) is 4.74 Å². The molecule has 2 atom stereocenters. The lowest BCUT2D eigenvalue weighted by Crippen LogP contribution is -2.32. The number of hydrogen-bond acceptors (Lipinski definition) is 4. The molecule has 2 heterocycles. The third kappa shape index (κ3) is 4.11. The van der Waals surface area contributed by atoms with Crippen LogP contribution < -0.4 is 10.1 Å². The van der Waals surface area contributed by atoms with Crippen LogP contribution in [0.4, 0.5) is 0 Å². The fraction of sp³-hybridized carbons (Fsp3) is 0.667. The van der Waals surface area contributed by atoms with Crippen LogP contribution >= 0.6 is 11.8 Å². The molecule has 1 aliphatic heterocycles. The molecule has 0 saturated carbocycles. The van der Waals surface area contributed by atoms with Crippen molar-refractivity contribution < 1.29 is 4.74 Å². The molecule has 3 nitrogen and oxygen atoms in total. The third-order valence-corrected chi connectivity index (χ3v) is 4.99. The van der Waals surface area contributed by atoms with Gasteiger partial charge in [-0.3, -0.25) is 4.98 Å². The predicted molar refractivity (Wildman–Crippen MR) is 81.9 cm³/mol. The summed E-state index contributed by atoms with van der Waals surface area (Å²) in [6.07, 6.45) is 8.91. The van der Waals surface area contributed by atoms with Crippen molar-refractivity contribution in [1.82, 2.24) is 10.3 Å². The Morgan fingerprint density at radius 2 is 2.37 bits per heavy atom. The van der Waals surface area contributed by atoms with Crippen LogP contribution in [0.2, 0.25) is 0 Å². The van der Waals surface area contributed by atoms with E-state index in [1.807, 2.05) is 6.20 Å². The van der Waals surface area contributed by atoms with E-state index < -0.39 is 0 Å². The highest BCUT2D eigenvalue weighted by molar-refractivity contribution is 8.00. The van der Waals surface area contributed by atoms with Crippen LogP contribution in [-0.4, -0.2) is 29.6 Å². The Balaban J connectivity index is 2.14. The van der Waals surface area contributed by atoms with Gasteiger partial charge >= 0.3 is 0 Å². The zero-order chi connectivity index (χ0) is 13.5. The van der Waals surface area contributed by atoms with Gasteiger partial charge in [-0.1, -0.05) is 13.3 Å². The molecule has 1 saturated heterocycles. The van der Waals surface area contributed by atoms with E-state index in [-0.39, 0.29) is 0 Å². The molecule has 0 aromatic carbocycles. The molecule has 0 radical (unpaired) electrons. The Labute approximate surface area is 120 Å². The van der Waals surface area contributed by atoms with Crippen LogP contribution in [0.3, 0.4) is 0 Å². The van der Waals surface area contributed by atoms with Crippen molar-refractivity contribution in [2.75, 3.05) is 19.4 Å². The summed E-state index contributed by atoms with van der Waals surface area (Å²) in [7, 11) is 1.70. The van der Waals surface area contributed by atoms with Crippen molar-refractivity contribution >= 4 is 11.8 Å². The van der Waals surface area contributed by atoms with Crippen LogP contribution in [0, 0.1) is 0 Å². The number of hydrogen-bond donors (Lipinski definition) is 1. The van der Waals surface area contributed by atoms with Crippen molar-refractivity contribution in [3.8, 4) is 5.75 Å². The molecule has 2 rings (SSSR count). The topological polar surface area (TPSA) is 34.2 Å². The first-order valence-electron chi connectivity index (χ1n) is 7.19. The van der Waals surface area contributed by atoms with Gasteiger partial charge in [-0.05, 0) is 43.2 Å². The highest BCUT2D eigenvalue weighted by atomic mass is 32.2. The van der Waals surface area contributed by atoms with Gasteiger partial charge in [0.05, 0.1) is 13.3 Å². The van der Waals surface area contributed by atoms with Crippen molar-refractivity contribution in [1.29, 1.82) is 0 Å². The summed E-state index contributed by atoms with van der Waals surface area (Å²) in [5.74, 6) is 2.13. The summed E-state index contributed by atoms with van der Waals surface area (Å²) in [6.45, 7) is 3.26. The summed E-state index contributed by atoms with van der Waals surface area (Å²) in [5.41, 5.74) is 1.26. The first-order valence-corrected chi connectivity index (χ1v) is 8.24. The second-order valence-electron chi connectivity index (χ2n) is 4.99. The van der Waals surface area contributed by atoms with Gasteiger partial charge in [0.15, 0.2) is 0 Å². The lowest BCUT2D eigenvalue weighted by Gasteiger charge is -2.31. The lowest BCUT2D eigenvalue weighted by molar-refractivity contribution is 0.409. The molecule has 0 spiro atoms. The van der Waals surface area contributed by atoms with Gasteiger partial charge in [-0.2, -0.15) is 11.8 Å². The second-order valence-corrected chi connectivity index (χ2v) is 6.34. The number of nitrogens with one attached hydrogen (secondary N) is 1. The summed E-state index contributed by atoms with van der Waals surface area (Å²) in [5, 5.41) is 4.35. The zero-order valence-electron chi connectivity index (χ0n) is 11.9. The number of rotatable bonds is 6. The molecule has 0 bridgehead atoms. The second kappa shape index (κ2) is 7.75. The molecule has 4 heteroatoms. The highest BCUT2D eigenvalue weighted by Gasteiger charge is 2.25. The number of nitrogens with zero attached hydrogens (tertiary/aromatic N) is 1. The number of ether oxygens (including phenoxy) is 1. The number of aromatic nitrogens is 1. The molecule has 106 valence electrons. The molecule has 0 amide bonds. The van der Waals surface area contributed by atoms with E-state index in [1.54, 1.807) is 13.3 Å². The van der Waals surface area contributed by atoms with E-state index in [9.17, 15) is 0 Å². The van der Waals surface area contributed by atoms with Gasteiger partial charge in [0.25, 0.3) is 0 Å². The molecule has 1 aromatic rings. The Kier molecular flexibility index (Phi) is 5.98. The van der Waals surface area contributed by atoms with Crippen molar-refractivity contribution in [2.24, 2.45) is 0 Å². The highest BCUT2D eigenvalue weighted by Crippen LogP contribution is 2.35. The maximum Gasteiger partial charge on any atom is 0.137 e. The van der Waals surface area contributed by atoms with E-state index >= 15 is 0 Å². The molecule has 1 fully saturated rings. The van der Waals surface area contributed by atoms with E-state index in [0.29, 0.717) is 11.3 Å². The third-order valence-electron chi connectivity index (χ3n) is 3.53. The van der Waals surface area contributed by atoms with Crippen LogP contribution in [-0.2, 0) is 0 Å². The average Bonchev–Trinajstić information content (AvgIpc) is 2.49. The summed E-state index contributed by atoms with van der Waals surface area (Å²) < 4.78 is 5.30. The number of pyridine rings is 1. The Hall–Kier alpha value is -0.740. The van der Waals surface area contributed by atoms with Gasteiger partial charge in [-0.25, -0.2) is 0 Å². The summed E-state index contributed by atoms with van der Waals surface area (Å²) >= 11 is 2.10. The van der Waals surface area contributed by atoms with Gasteiger partial charge in [0.2, 0.25) is 0 Å². The van der Waals surface area contributed by atoms with Crippen LogP contribution in [0.25, 0.3) is 0 Å². The molecule has 1 N–H and O–H groups in total. The quantitative estimate of drug-likeness (QED) is 0.866. The minimum absolute atomic E-state index is 0.396. The van der Waals surface area contributed by atoms with Crippen LogP contribution in [0.15, 0.2) is 18.5 Å². The molecule has 2 unspecified atom stereocenters. The SMILES string of the molecule is CCCNC(c1cncc(OC)c1)C1CCCCS1. The normalized spacial score (nSPS) is 21.1. The first-order chi connectivity index (χ1) is 9.35. The average molecular weight is 280 g/mol. The number of thioether (sulfide) groups is 1. The fourth-order valence-electron chi connectivity index (χ4n) is 2.51. The van der Waals surface area contributed by atoms with Crippen molar-refractivity contribution in [3.63, 3.8) is 0 Å². The maximum absolute atomic E-state index is 5.30. The molecule has 0 aliphatic carbocycles. The van der Waals surface area contributed by atoms with E-state index in [0.717, 1.165) is 18.7 Å². The predicted octanol–water partition coefficient (Wildman–Crippen LogP) is 3.42. The zero-order valence-corrected chi connectivity index (χ0v) is 12.7. The smallest absolute Gasteiger partial charge is 0.137 e. The Morgan fingerprint density at radius 3 is 3.05 bits per heavy atom. The van der Waals surface area contributed by atoms with Crippen LogP contribution in [0.1, 0.15) is 44.2 Å². The van der Waals surface area contributed by atoms with Gasteiger partial charge in [0, 0.05) is 17.5 Å². The van der Waals surface area contributed by atoms with Crippen molar-refractivity contribution in [3.05, 3.63) is 24.0 Å². The van der Waals surface area contributed by atoms with E-state index in [1.165, 1.54) is 30.6 Å². The lowest BCUT2D eigenvalue weighted by atomic mass is 10.0. The Morgan fingerprint density at radius 1 is 1.47 bits per heavy atom. The molecular formula is C15H24N2OS. The standard InChI is InChI=1S/C15H24N2OS/c1-3-7-17-15(14-6-4-5-8-19-14)12-9-13(18-2)11-16-10-12/h9-11,14-15,17H,3-8H2,1-2H3. The Bertz CT molecular complexity index is 380. The monoisotopic (exact) mass is 280 g/mol. The minimum Gasteiger partial charge on any atom is -0.495 e. The molecule has 19 heavy (non-hydrogen) atoms. The largest absolute Gasteiger partial charge is 0.495 e. The minimum atomic E-state index is 0.396. The van der Waals surface area contributed by atoms with Crippen molar-refractivity contribution in [2.45, 2.75) is 43.9 Å². The van der Waals surface area contributed by atoms with Gasteiger partial charge in [-0.15, -0.1) is 0 Å². The van der Waals surface area contributed by atoms with Gasteiger partial charge < -0.3 is 10.1 Å². The maximum atomic E-state index is 5.30. The van der Waals surface area contributed by atoms with Gasteiger partial charge in [0.1, 0.15) is 5.75 Å². The fourth-order valence-corrected chi connectivity index (χ4v) is 3.96. The molecule has 1 aliphatic rings. The van der Waals surface area contributed by atoms with E-state index in [2.05, 4.69) is 35.1 Å². The van der Waals surface area contributed by atoms with Crippen LogP contribution in [0.5, 0.6) is 5.75 Å². The first kappa shape index (κ1) is 14.7. The summed E-state index contributed by atoms with van der Waals surface area (Å²) in [6, 6.07) is 2.52. The summed E-state index contributed by atoms with van der Waals surface area (Å²) in [4.78, 5) is 4.31. The molecular weight excluding hydrogens is 256 g/mol. The molecule has 1 aromatic heterocycles.